The minimum atomic E-state index is -1.63. The normalized spacial score (nSPS) is 12.2. The zero-order valence-corrected chi connectivity index (χ0v) is 11.7. The number of Topliss-reactive ketones (excluding diaryl/α,β-unsaturated/α-hetero) is 1. The molecule has 0 aliphatic heterocycles. The van der Waals surface area contributed by atoms with Crippen molar-refractivity contribution < 1.29 is 17.8 Å². The molecule has 2 aromatic carbocycles. The van der Waals surface area contributed by atoms with Gasteiger partial charge in [-0.15, -0.1) is 0 Å². The number of carbonyl (C=O) groups is 1. The van der Waals surface area contributed by atoms with Crippen LogP contribution in [0.2, 0.25) is 5.02 Å². The van der Waals surface area contributed by atoms with Crippen LogP contribution in [0.4, 0.5) is 8.78 Å². The quantitative estimate of drug-likeness (QED) is 0.808. The molecule has 0 saturated heterocycles. The second-order valence-electron chi connectivity index (χ2n) is 3.99. The second-order valence-corrected chi connectivity index (χ2v) is 5.88. The van der Waals surface area contributed by atoms with Crippen molar-refractivity contribution in [1.82, 2.24) is 0 Å². The first-order valence-electron chi connectivity index (χ1n) is 5.59. The fourth-order valence-electron chi connectivity index (χ4n) is 1.58. The number of halogens is 3. The van der Waals surface area contributed by atoms with Crippen molar-refractivity contribution in [3.8, 4) is 0 Å². The standard InChI is InChI=1S/C14H9ClF2O2S/c15-9-1-4-11(5-2-9)20(19)8-14(18)12-7-10(16)3-6-13(12)17/h1-7H,8H2. The van der Waals surface area contributed by atoms with E-state index in [2.05, 4.69) is 0 Å². The van der Waals surface area contributed by atoms with E-state index < -0.39 is 39.5 Å². The van der Waals surface area contributed by atoms with E-state index in [1.165, 1.54) is 12.1 Å². The molecule has 0 spiro atoms. The molecule has 0 radical (unpaired) electrons. The van der Waals surface area contributed by atoms with E-state index in [9.17, 15) is 17.8 Å². The molecule has 0 fully saturated rings. The highest BCUT2D eigenvalue weighted by Gasteiger charge is 2.16. The Kier molecular flexibility index (Phi) is 4.62. The molecule has 1 unspecified atom stereocenters. The summed E-state index contributed by atoms with van der Waals surface area (Å²) in [5, 5.41) is 0.480. The third-order valence-electron chi connectivity index (χ3n) is 2.57. The smallest absolute Gasteiger partial charge is 0.178 e. The van der Waals surface area contributed by atoms with Gasteiger partial charge < -0.3 is 0 Å². The van der Waals surface area contributed by atoms with Gasteiger partial charge >= 0.3 is 0 Å². The van der Waals surface area contributed by atoms with Gasteiger partial charge in [0.15, 0.2) is 5.78 Å². The van der Waals surface area contributed by atoms with Gasteiger partial charge in [0, 0.05) is 9.92 Å². The van der Waals surface area contributed by atoms with Crippen molar-refractivity contribution in [2.75, 3.05) is 5.75 Å². The molecule has 2 aromatic rings. The van der Waals surface area contributed by atoms with Gasteiger partial charge in [-0.1, -0.05) is 11.6 Å². The summed E-state index contributed by atoms with van der Waals surface area (Å²) in [6, 6.07) is 8.72. The number of benzene rings is 2. The molecule has 0 saturated carbocycles. The molecule has 2 nitrogen and oxygen atoms in total. The Bertz CT molecular complexity index is 671. The Labute approximate surface area is 121 Å². The molecule has 0 bridgehead atoms. The number of carbonyl (C=O) groups excluding carboxylic acids is 1. The predicted molar refractivity (Wildman–Crippen MR) is 73.4 cm³/mol. The van der Waals surface area contributed by atoms with E-state index in [1.807, 2.05) is 0 Å². The van der Waals surface area contributed by atoms with Crippen LogP contribution in [0.5, 0.6) is 0 Å². The van der Waals surface area contributed by atoms with Crippen LogP contribution in [0, 0.1) is 11.6 Å². The number of hydrogen-bond acceptors (Lipinski definition) is 2. The lowest BCUT2D eigenvalue weighted by Crippen LogP contribution is -2.13. The van der Waals surface area contributed by atoms with Crippen molar-refractivity contribution in [2.24, 2.45) is 0 Å². The van der Waals surface area contributed by atoms with Gasteiger partial charge in [-0.25, -0.2) is 8.78 Å². The lowest BCUT2D eigenvalue weighted by atomic mass is 10.1. The number of ketones is 1. The van der Waals surface area contributed by atoms with Gasteiger partial charge in [-0.05, 0) is 42.5 Å². The minimum absolute atomic E-state index is 0.396. The van der Waals surface area contributed by atoms with Crippen molar-refractivity contribution >= 4 is 28.2 Å². The first-order valence-corrected chi connectivity index (χ1v) is 7.29. The molecule has 0 heterocycles. The molecular formula is C14H9ClF2O2S. The van der Waals surface area contributed by atoms with Crippen molar-refractivity contribution in [2.45, 2.75) is 4.90 Å². The molecule has 104 valence electrons. The molecule has 0 amide bonds. The summed E-state index contributed by atoms with van der Waals surface area (Å²) in [4.78, 5) is 12.2. The van der Waals surface area contributed by atoms with E-state index >= 15 is 0 Å². The van der Waals surface area contributed by atoms with E-state index in [4.69, 9.17) is 11.6 Å². The largest absolute Gasteiger partial charge is 0.293 e. The summed E-state index contributed by atoms with van der Waals surface area (Å²) in [6.45, 7) is 0. The number of hydrogen-bond donors (Lipinski definition) is 0. The molecule has 1 atom stereocenters. The predicted octanol–water partition coefficient (Wildman–Crippen LogP) is 3.61. The zero-order valence-electron chi connectivity index (χ0n) is 10.1. The third kappa shape index (κ3) is 3.49. The van der Waals surface area contributed by atoms with E-state index in [0.717, 1.165) is 18.2 Å². The topological polar surface area (TPSA) is 34.1 Å². The van der Waals surface area contributed by atoms with E-state index in [0.29, 0.717) is 9.92 Å². The Balaban J connectivity index is 2.17. The average molecular weight is 315 g/mol. The third-order valence-corrected chi connectivity index (χ3v) is 4.14. The van der Waals surface area contributed by atoms with Crippen molar-refractivity contribution in [3.05, 3.63) is 64.7 Å². The zero-order chi connectivity index (χ0) is 14.7. The molecule has 2 rings (SSSR count). The first-order chi connectivity index (χ1) is 9.47. The lowest BCUT2D eigenvalue weighted by molar-refractivity contribution is 0.101. The highest BCUT2D eigenvalue weighted by molar-refractivity contribution is 7.85. The molecule has 0 aliphatic carbocycles. The Hall–Kier alpha value is -1.59. The summed E-state index contributed by atoms with van der Waals surface area (Å²) in [5.74, 6) is -2.67. The Morgan fingerprint density at radius 3 is 2.40 bits per heavy atom. The SMILES string of the molecule is O=C(CS(=O)c1ccc(Cl)cc1)c1cc(F)ccc1F. The highest BCUT2D eigenvalue weighted by Crippen LogP contribution is 2.15. The van der Waals surface area contributed by atoms with Gasteiger partial charge in [0.2, 0.25) is 0 Å². The first kappa shape index (κ1) is 14.8. The van der Waals surface area contributed by atoms with Gasteiger partial charge in [0.05, 0.1) is 22.1 Å². The molecule has 0 N–H and O–H groups in total. The maximum absolute atomic E-state index is 13.4. The lowest BCUT2D eigenvalue weighted by Gasteiger charge is -2.04. The monoisotopic (exact) mass is 314 g/mol. The van der Waals surface area contributed by atoms with E-state index in [1.54, 1.807) is 12.1 Å². The molecule has 0 aromatic heterocycles. The van der Waals surface area contributed by atoms with Crippen LogP contribution in [-0.2, 0) is 10.8 Å². The van der Waals surface area contributed by atoms with Crippen molar-refractivity contribution in [3.63, 3.8) is 0 Å². The van der Waals surface area contributed by atoms with Gasteiger partial charge in [-0.2, -0.15) is 0 Å². The minimum Gasteiger partial charge on any atom is -0.293 e. The Morgan fingerprint density at radius 2 is 1.75 bits per heavy atom. The molecule has 20 heavy (non-hydrogen) atoms. The summed E-state index contributed by atoms with van der Waals surface area (Å²) in [5.41, 5.74) is -0.396. The molecule has 0 aliphatic rings. The fourth-order valence-corrected chi connectivity index (χ4v) is 2.70. The van der Waals surface area contributed by atoms with Crippen LogP contribution in [-0.4, -0.2) is 15.7 Å². The van der Waals surface area contributed by atoms with Crippen LogP contribution in [0.1, 0.15) is 10.4 Å². The second kappa shape index (κ2) is 6.24. The summed E-state index contributed by atoms with van der Waals surface area (Å²) >= 11 is 5.70. The van der Waals surface area contributed by atoms with Gasteiger partial charge in [0.25, 0.3) is 0 Å². The van der Waals surface area contributed by atoms with Crippen LogP contribution >= 0.6 is 11.6 Å². The van der Waals surface area contributed by atoms with Crippen LogP contribution in [0.3, 0.4) is 0 Å². The van der Waals surface area contributed by atoms with Crippen LogP contribution in [0.25, 0.3) is 0 Å². The van der Waals surface area contributed by atoms with Crippen LogP contribution < -0.4 is 0 Å². The fraction of sp³-hybridized carbons (Fsp3) is 0.0714. The summed E-state index contributed by atoms with van der Waals surface area (Å²) in [7, 11) is -1.63. The summed E-state index contributed by atoms with van der Waals surface area (Å²) < 4.78 is 38.4. The Morgan fingerprint density at radius 1 is 1.10 bits per heavy atom. The molecule has 6 heteroatoms. The molecular weight excluding hydrogens is 306 g/mol. The maximum atomic E-state index is 13.4. The maximum Gasteiger partial charge on any atom is 0.178 e. The summed E-state index contributed by atoms with van der Waals surface area (Å²) in [6.07, 6.45) is 0. The van der Waals surface area contributed by atoms with Crippen LogP contribution in [0.15, 0.2) is 47.4 Å². The van der Waals surface area contributed by atoms with E-state index in [-0.39, 0.29) is 0 Å². The van der Waals surface area contributed by atoms with Gasteiger partial charge in [0.1, 0.15) is 11.6 Å². The average Bonchev–Trinajstić information content (AvgIpc) is 2.42. The van der Waals surface area contributed by atoms with Gasteiger partial charge in [-0.3, -0.25) is 9.00 Å². The number of rotatable bonds is 4. The highest BCUT2D eigenvalue weighted by atomic mass is 35.5. The van der Waals surface area contributed by atoms with Crippen molar-refractivity contribution in [1.29, 1.82) is 0 Å².